The summed E-state index contributed by atoms with van der Waals surface area (Å²) in [6, 6.07) is 24.2. The number of hydrogen-bond acceptors (Lipinski definition) is 20. The van der Waals surface area contributed by atoms with E-state index in [4.69, 9.17) is 35.5 Å². The maximum absolute atomic E-state index is 11.4. The fourth-order valence-corrected chi connectivity index (χ4v) is 7.24. The minimum Gasteiger partial charge on any atom is -0.461 e. The van der Waals surface area contributed by atoms with Crippen LogP contribution >= 0.6 is 0 Å². The smallest absolute Gasteiger partial charge is 0.259 e. The highest BCUT2D eigenvalue weighted by Crippen LogP contribution is 2.21. The molecule has 64 heavy (non-hydrogen) atoms. The van der Waals surface area contributed by atoms with Crippen LogP contribution in [0, 0.1) is 0 Å². The van der Waals surface area contributed by atoms with Crippen molar-refractivity contribution in [3.05, 3.63) is 96.4 Å². The van der Waals surface area contributed by atoms with E-state index >= 15 is 0 Å². The van der Waals surface area contributed by atoms with E-state index in [0.29, 0.717) is 35.6 Å². The molecule has 2 saturated heterocycles. The first-order chi connectivity index (χ1) is 31.1. The first-order valence-electron chi connectivity index (χ1n) is 20.5. The molecule has 2 aliphatic rings. The Morgan fingerprint density at radius 1 is 0.625 bits per heavy atom. The number of furan rings is 2. The van der Waals surface area contributed by atoms with Gasteiger partial charge in [-0.15, -0.1) is 10.2 Å². The molecule has 334 valence electrons. The number of ether oxygens (including phenoxy) is 2. The number of fused-ring (bicyclic) bond motifs is 2. The number of hydrogen-bond donors (Lipinski definition) is 4. The maximum atomic E-state index is 11.4. The average Bonchev–Trinajstić information content (AvgIpc) is 4.16. The summed E-state index contributed by atoms with van der Waals surface area (Å²) in [5, 5.41) is 11.2. The Balaban J connectivity index is 0.000000141. The number of nitrogens with one attached hydrogen (secondary N) is 1. The lowest BCUT2D eigenvalue weighted by Crippen LogP contribution is -2.36. The van der Waals surface area contributed by atoms with Gasteiger partial charge in [0.1, 0.15) is 0 Å². The number of sulfone groups is 1. The van der Waals surface area contributed by atoms with Crippen molar-refractivity contribution in [2.45, 2.75) is 18.0 Å². The van der Waals surface area contributed by atoms with Gasteiger partial charge in [0.2, 0.25) is 39.3 Å². The van der Waals surface area contributed by atoms with Crippen LogP contribution in [0.4, 0.5) is 29.2 Å². The van der Waals surface area contributed by atoms with Crippen LogP contribution < -0.4 is 32.3 Å². The minimum atomic E-state index is -3.57. The molecule has 0 aliphatic carbocycles. The van der Waals surface area contributed by atoms with Crippen LogP contribution in [0.5, 0.6) is 0 Å². The van der Waals surface area contributed by atoms with Crippen LogP contribution in [0.15, 0.2) is 99.3 Å². The van der Waals surface area contributed by atoms with E-state index in [2.05, 4.69) is 104 Å². The quantitative estimate of drug-likeness (QED) is 0.145. The van der Waals surface area contributed by atoms with E-state index in [1.54, 1.807) is 30.5 Å². The highest BCUT2D eigenvalue weighted by Gasteiger charge is 2.19. The summed E-state index contributed by atoms with van der Waals surface area (Å²) < 4.78 is 46.6. The summed E-state index contributed by atoms with van der Waals surface area (Å²) in [6.07, 6.45) is 5.82. The van der Waals surface area contributed by atoms with Crippen LogP contribution in [0.1, 0.15) is 11.1 Å². The molecule has 2 aliphatic heterocycles. The van der Waals surface area contributed by atoms with Crippen molar-refractivity contribution in [1.82, 2.24) is 49.1 Å². The third-order valence-electron chi connectivity index (χ3n) is 10.0. The number of benzene rings is 2. The van der Waals surface area contributed by atoms with Gasteiger partial charge in [-0.05, 0) is 79.0 Å². The normalized spacial score (nSPS) is 14.2. The number of nitrogens with two attached hydrogens (primary N) is 3. The molecule has 23 heteroatoms. The monoisotopic (exact) mass is 892 g/mol. The van der Waals surface area contributed by atoms with E-state index in [1.807, 2.05) is 0 Å². The molecule has 7 N–H and O–H groups in total. The summed E-state index contributed by atoms with van der Waals surface area (Å²) in [5.74, 6) is 2.56. The van der Waals surface area contributed by atoms with Crippen LogP contribution in [0.25, 0.3) is 34.7 Å². The molecule has 0 spiro atoms. The highest BCUT2D eigenvalue weighted by molar-refractivity contribution is 7.90. The minimum absolute atomic E-state index is 0.0410. The Bertz CT molecular complexity index is 2840. The number of anilines is 5. The summed E-state index contributed by atoms with van der Waals surface area (Å²) in [7, 11) is -3.57. The third-order valence-corrected chi connectivity index (χ3v) is 10.9. The molecular weight excluding hydrogens is 845 g/mol. The molecule has 0 saturated carbocycles. The summed E-state index contributed by atoms with van der Waals surface area (Å²) in [4.78, 5) is 29.3. The van der Waals surface area contributed by atoms with Crippen molar-refractivity contribution in [2.24, 2.45) is 5.73 Å². The summed E-state index contributed by atoms with van der Waals surface area (Å²) >= 11 is 0. The lowest BCUT2D eigenvalue weighted by Gasteiger charge is -2.28. The third kappa shape index (κ3) is 10.7. The molecular formula is C41H48N16O6S. The Morgan fingerprint density at radius 2 is 1.11 bits per heavy atom. The van der Waals surface area contributed by atoms with Gasteiger partial charge in [-0.3, -0.25) is 0 Å². The fraction of sp³-hybridized carbons (Fsp3) is 0.317. The molecule has 2 fully saturated rings. The van der Waals surface area contributed by atoms with Gasteiger partial charge in [0.05, 0.1) is 39.0 Å². The van der Waals surface area contributed by atoms with Gasteiger partial charge >= 0.3 is 0 Å². The Kier molecular flexibility index (Phi) is 13.5. The molecule has 6 aromatic heterocycles. The molecule has 0 unspecified atom stereocenters. The molecule has 0 atom stereocenters. The second kappa shape index (κ2) is 19.9. The second-order valence-electron chi connectivity index (χ2n) is 14.5. The number of rotatable bonds is 11. The van der Waals surface area contributed by atoms with Gasteiger partial charge in [-0.2, -0.15) is 38.9 Å². The SMILES string of the molecule is CS(=O)(=O)c1nc(N)n2nc(-c3ccco3)nc2n1.NCCc1ccc(N2CCOCC2)cc1.Nc1nc(NCCc2ccc(N3CCOCC3)cc2)nc2nc(-c3ccco3)nn12. The molecule has 10 rings (SSSR count). The van der Waals surface area contributed by atoms with Crippen LogP contribution in [-0.2, 0) is 32.2 Å². The largest absolute Gasteiger partial charge is 0.461 e. The van der Waals surface area contributed by atoms with E-state index in [0.717, 1.165) is 82.8 Å². The average molecular weight is 893 g/mol. The van der Waals surface area contributed by atoms with E-state index in [9.17, 15) is 8.42 Å². The molecule has 0 radical (unpaired) electrons. The van der Waals surface area contributed by atoms with Gasteiger partial charge in [-0.1, -0.05) is 24.3 Å². The maximum Gasteiger partial charge on any atom is 0.259 e. The Morgan fingerprint density at radius 3 is 1.58 bits per heavy atom. The molecule has 8 heterocycles. The van der Waals surface area contributed by atoms with Gasteiger partial charge in [-0.25, -0.2) is 8.42 Å². The second-order valence-corrected chi connectivity index (χ2v) is 16.4. The first-order valence-corrected chi connectivity index (χ1v) is 22.4. The zero-order valence-electron chi connectivity index (χ0n) is 35.0. The molecule has 22 nitrogen and oxygen atoms in total. The van der Waals surface area contributed by atoms with Gasteiger partial charge in [0.25, 0.3) is 16.7 Å². The van der Waals surface area contributed by atoms with Crippen molar-refractivity contribution in [3.63, 3.8) is 0 Å². The van der Waals surface area contributed by atoms with E-state index in [-0.39, 0.29) is 23.5 Å². The Hall–Kier alpha value is -7.21. The predicted molar refractivity (Wildman–Crippen MR) is 238 cm³/mol. The van der Waals surface area contributed by atoms with Crippen molar-refractivity contribution >= 4 is 50.6 Å². The van der Waals surface area contributed by atoms with Crippen LogP contribution in [0.3, 0.4) is 0 Å². The first kappa shape index (κ1) is 43.4. The molecule has 8 aromatic rings. The fourth-order valence-electron chi connectivity index (χ4n) is 6.73. The van der Waals surface area contributed by atoms with Crippen molar-refractivity contribution in [2.75, 3.05) is 98.5 Å². The van der Waals surface area contributed by atoms with Crippen molar-refractivity contribution in [3.8, 4) is 23.2 Å². The molecule has 0 amide bonds. The van der Waals surface area contributed by atoms with E-state index in [1.165, 1.54) is 33.3 Å². The summed E-state index contributed by atoms with van der Waals surface area (Å²) in [5.41, 5.74) is 22.2. The van der Waals surface area contributed by atoms with Gasteiger partial charge in [0.15, 0.2) is 11.5 Å². The molecule has 2 aromatic carbocycles. The standard InChI is InChI=1S/C20H22N8O2.C12H18N2O.C9H8N6O3S/c21-18-24-19(25-20-23-17(26-28(18)20)16-2-1-11-30-16)22-8-7-14-3-5-15(6-4-14)27-9-12-29-13-10-27;13-6-5-11-1-3-12(4-2-11)14-7-9-15-10-8-14;1-19(16,17)9-12-7(10)15-8(13-9)11-6(14-15)5-3-2-4-18-5/h1-6,11H,7-10,12-13H2,(H3,21,22,23,24,25,26);1-4H,5-10,13H2;2-4H,1H3,(H2,10,11,12,13,14). The summed E-state index contributed by atoms with van der Waals surface area (Å²) in [6.45, 7) is 8.51. The lowest BCUT2D eigenvalue weighted by molar-refractivity contribution is 0.122. The van der Waals surface area contributed by atoms with Crippen LogP contribution in [-0.4, -0.2) is 130 Å². The van der Waals surface area contributed by atoms with Crippen LogP contribution in [0.2, 0.25) is 0 Å². The topological polar surface area (TPSA) is 287 Å². The number of aromatic nitrogens is 10. The lowest BCUT2D eigenvalue weighted by atomic mass is 10.1. The van der Waals surface area contributed by atoms with Gasteiger partial charge < -0.3 is 50.6 Å². The zero-order chi connectivity index (χ0) is 44.5. The highest BCUT2D eigenvalue weighted by atomic mass is 32.2. The number of nitrogens with zero attached hydrogens (tertiary/aromatic N) is 12. The molecule has 0 bridgehead atoms. The van der Waals surface area contributed by atoms with Gasteiger partial charge in [0, 0.05) is 50.4 Å². The number of nitrogen functional groups attached to an aromatic ring is 2. The Labute approximate surface area is 367 Å². The van der Waals surface area contributed by atoms with Crippen molar-refractivity contribution < 1.29 is 26.7 Å². The predicted octanol–water partition coefficient (Wildman–Crippen LogP) is 2.64. The van der Waals surface area contributed by atoms with E-state index < -0.39 is 15.0 Å². The van der Waals surface area contributed by atoms with Crippen molar-refractivity contribution in [1.29, 1.82) is 0 Å². The number of morpholine rings is 2. The zero-order valence-corrected chi connectivity index (χ0v) is 35.8.